The number of hydrogen-bond donors (Lipinski definition) is 2. The van der Waals surface area contributed by atoms with Crippen LogP contribution in [0.3, 0.4) is 0 Å². The number of guanidine groups is 1. The smallest absolute Gasteiger partial charge is 0.191 e. The molecule has 0 unspecified atom stereocenters. The van der Waals surface area contributed by atoms with E-state index in [0.717, 1.165) is 31.8 Å². The number of halogens is 2. The number of rotatable bonds is 7. The van der Waals surface area contributed by atoms with E-state index in [1.165, 1.54) is 31.7 Å². The maximum absolute atomic E-state index is 13.7. The molecule has 1 aromatic rings. The summed E-state index contributed by atoms with van der Waals surface area (Å²) in [5.41, 5.74) is 0.260. The average Bonchev–Trinajstić information content (AvgIpc) is 3.10. The topological polar surface area (TPSA) is 39.7 Å². The first-order valence-electron chi connectivity index (χ1n) is 8.76. The van der Waals surface area contributed by atoms with Gasteiger partial charge in [0.05, 0.1) is 6.54 Å². The van der Waals surface area contributed by atoms with Crippen molar-refractivity contribution in [1.82, 2.24) is 15.5 Å². The Morgan fingerprint density at radius 3 is 2.71 bits per heavy atom. The van der Waals surface area contributed by atoms with E-state index in [1.807, 2.05) is 6.92 Å². The summed E-state index contributed by atoms with van der Waals surface area (Å²) in [5.74, 6) is -0.254. The molecule has 0 amide bonds. The van der Waals surface area contributed by atoms with Gasteiger partial charge >= 0.3 is 0 Å². The van der Waals surface area contributed by atoms with Gasteiger partial charge in [0.25, 0.3) is 0 Å². The quantitative estimate of drug-likeness (QED) is 0.593. The van der Waals surface area contributed by atoms with Gasteiger partial charge in [0.2, 0.25) is 0 Å². The maximum atomic E-state index is 13.7. The van der Waals surface area contributed by atoms with Gasteiger partial charge in [-0.2, -0.15) is 0 Å². The van der Waals surface area contributed by atoms with Crippen molar-refractivity contribution in [3.8, 4) is 0 Å². The molecule has 1 aliphatic rings. The summed E-state index contributed by atoms with van der Waals surface area (Å²) in [6.45, 7) is 4.51. The Kier molecular flexibility index (Phi) is 7.43. The van der Waals surface area contributed by atoms with Crippen molar-refractivity contribution in [2.75, 3.05) is 26.7 Å². The van der Waals surface area contributed by atoms with Crippen molar-refractivity contribution in [3.05, 3.63) is 35.4 Å². The van der Waals surface area contributed by atoms with Crippen molar-refractivity contribution in [1.29, 1.82) is 0 Å². The van der Waals surface area contributed by atoms with Gasteiger partial charge in [-0.1, -0.05) is 12.8 Å². The van der Waals surface area contributed by atoms with Gasteiger partial charge in [0.15, 0.2) is 5.96 Å². The molecule has 0 atom stereocenters. The number of aliphatic imine (C=N–C) groups is 1. The Hall–Kier alpha value is -1.69. The first-order chi connectivity index (χ1) is 11.6. The van der Waals surface area contributed by atoms with Crippen LogP contribution in [0.25, 0.3) is 0 Å². The summed E-state index contributed by atoms with van der Waals surface area (Å²) in [5, 5.41) is 6.39. The van der Waals surface area contributed by atoms with E-state index in [1.54, 1.807) is 0 Å². The second-order valence-electron chi connectivity index (χ2n) is 6.28. The van der Waals surface area contributed by atoms with Gasteiger partial charge in [-0.3, -0.25) is 0 Å². The predicted molar refractivity (Wildman–Crippen MR) is 94.1 cm³/mol. The zero-order valence-corrected chi connectivity index (χ0v) is 14.6. The van der Waals surface area contributed by atoms with Gasteiger partial charge in [0.1, 0.15) is 11.6 Å². The van der Waals surface area contributed by atoms with Gasteiger partial charge in [-0.05, 0) is 45.0 Å². The van der Waals surface area contributed by atoms with E-state index < -0.39 is 11.6 Å². The number of hydrogen-bond acceptors (Lipinski definition) is 2. The highest BCUT2D eigenvalue weighted by Gasteiger charge is 2.18. The Morgan fingerprint density at radius 1 is 1.25 bits per heavy atom. The fourth-order valence-corrected chi connectivity index (χ4v) is 3.05. The molecule has 0 aromatic heterocycles. The molecule has 1 saturated carbocycles. The van der Waals surface area contributed by atoms with E-state index in [2.05, 4.69) is 27.6 Å². The number of nitrogens with one attached hydrogen (secondary N) is 2. The summed E-state index contributed by atoms with van der Waals surface area (Å²) < 4.78 is 26.9. The lowest BCUT2D eigenvalue weighted by Gasteiger charge is -2.24. The fourth-order valence-electron chi connectivity index (χ4n) is 3.05. The van der Waals surface area contributed by atoms with E-state index in [9.17, 15) is 8.78 Å². The Labute approximate surface area is 143 Å². The Balaban J connectivity index is 1.84. The van der Waals surface area contributed by atoms with Crippen molar-refractivity contribution < 1.29 is 8.78 Å². The zero-order valence-electron chi connectivity index (χ0n) is 14.6. The number of nitrogens with zero attached hydrogens (tertiary/aromatic N) is 2. The molecule has 1 fully saturated rings. The van der Waals surface area contributed by atoms with E-state index in [4.69, 9.17) is 0 Å². The van der Waals surface area contributed by atoms with Crippen LogP contribution in [-0.2, 0) is 6.54 Å². The second kappa shape index (κ2) is 9.57. The van der Waals surface area contributed by atoms with Gasteiger partial charge < -0.3 is 15.5 Å². The van der Waals surface area contributed by atoms with Crippen LogP contribution in [0.2, 0.25) is 0 Å². The molecule has 0 radical (unpaired) electrons. The van der Waals surface area contributed by atoms with E-state index in [0.29, 0.717) is 12.0 Å². The molecule has 0 aliphatic heterocycles. The van der Waals surface area contributed by atoms with Gasteiger partial charge in [-0.15, -0.1) is 0 Å². The second-order valence-corrected chi connectivity index (χ2v) is 6.28. The molecule has 2 N–H and O–H groups in total. The molecule has 2 rings (SSSR count). The first-order valence-corrected chi connectivity index (χ1v) is 8.76. The van der Waals surface area contributed by atoms with Crippen molar-refractivity contribution in [2.24, 2.45) is 4.99 Å². The third-order valence-corrected chi connectivity index (χ3v) is 4.46. The summed E-state index contributed by atoms with van der Waals surface area (Å²) in [7, 11) is 2.16. The SMILES string of the molecule is CCNC(=NCc1cc(F)ccc1F)NCCN(C)C1CCCC1. The van der Waals surface area contributed by atoms with Crippen LogP contribution < -0.4 is 10.6 Å². The monoisotopic (exact) mass is 338 g/mol. The lowest BCUT2D eigenvalue weighted by Crippen LogP contribution is -2.42. The minimum Gasteiger partial charge on any atom is -0.357 e. The first kappa shape index (κ1) is 18.6. The summed E-state index contributed by atoms with van der Waals surface area (Å²) in [4.78, 5) is 6.73. The van der Waals surface area contributed by atoms with Crippen LogP contribution in [0, 0.1) is 11.6 Å². The van der Waals surface area contributed by atoms with Crippen LogP contribution in [0.5, 0.6) is 0 Å². The largest absolute Gasteiger partial charge is 0.357 e. The summed E-state index contributed by atoms with van der Waals surface area (Å²) in [6, 6.07) is 4.13. The van der Waals surface area contributed by atoms with Crippen LogP contribution in [-0.4, -0.2) is 43.6 Å². The van der Waals surface area contributed by atoms with Crippen molar-refractivity contribution >= 4 is 5.96 Å². The molecular weight excluding hydrogens is 310 g/mol. The molecule has 6 heteroatoms. The molecule has 0 bridgehead atoms. The van der Waals surface area contributed by atoms with Crippen molar-refractivity contribution in [3.63, 3.8) is 0 Å². The fraction of sp³-hybridized carbons (Fsp3) is 0.611. The minimum atomic E-state index is -0.447. The third kappa shape index (κ3) is 5.74. The summed E-state index contributed by atoms with van der Waals surface area (Å²) in [6.07, 6.45) is 5.21. The predicted octanol–water partition coefficient (Wildman–Crippen LogP) is 2.89. The molecule has 1 aromatic carbocycles. The minimum absolute atomic E-state index is 0.109. The molecule has 4 nitrogen and oxygen atoms in total. The van der Waals surface area contributed by atoms with E-state index in [-0.39, 0.29) is 12.1 Å². The van der Waals surface area contributed by atoms with Crippen LogP contribution >= 0.6 is 0 Å². The lowest BCUT2D eigenvalue weighted by atomic mass is 10.2. The molecule has 24 heavy (non-hydrogen) atoms. The molecular formula is C18H28F2N4. The highest BCUT2D eigenvalue weighted by molar-refractivity contribution is 5.79. The Morgan fingerprint density at radius 2 is 2.00 bits per heavy atom. The number of benzene rings is 1. The highest BCUT2D eigenvalue weighted by atomic mass is 19.1. The van der Waals surface area contributed by atoms with Gasteiger partial charge in [-0.25, -0.2) is 13.8 Å². The highest BCUT2D eigenvalue weighted by Crippen LogP contribution is 2.21. The standard InChI is InChI=1S/C18H28F2N4/c1-3-21-18(22-10-11-24(2)16-6-4-5-7-16)23-13-14-12-15(19)8-9-17(14)20/h8-9,12,16H,3-7,10-11,13H2,1-2H3,(H2,21,22,23). The van der Waals surface area contributed by atoms with E-state index >= 15 is 0 Å². The lowest BCUT2D eigenvalue weighted by molar-refractivity contribution is 0.249. The maximum Gasteiger partial charge on any atom is 0.191 e. The van der Waals surface area contributed by atoms with Crippen LogP contribution in [0.4, 0.5) is 8.78 Å². The molecule has 0 saturated heterocycles. The molecule has 1 aliphatic carbocycles. The van der Waals surface area contributed by atoms with Gasteiger partial charge in [0, 0.05) is 31.2 Å². The zero-order chi connectivity index (χ0) is 17.4. The Bertz CT molecular complexity index is 542. The average molecular weight is 338 g/mol. The normalized spacial score (nSPS) is 16.0. The molecule has 134 valence electrons. The number of likely N-dealkylation sites (N-methyl/N-ethyl adjacent to an activating group) is 1. The molecule has 0 heterocycles. The van der Waals surface area contributed by atoms with Crippen LogP contribution in [0.1, 0.15) is 38.2 Å². The molecule has 0 spiro atoms. The third-order valence-electron chi connectivity index (χ3n) is 4.46. The summed E-state index contributed by atoms with van der Waals surface area (Å²) >= 11 is 0. The van der Waals surface area contributed by atoms with Crippen LogP contribution in [0.15, 0.2) is 23.2 Å². The van der Waals surface area contributed by atoms with Crippen molar-refractivity contribution in [2.45, 2.75) is 45.2 Å².